The van der Waals surface area contributed by atoms with Crippen LogP contribution in [-0.4, -0.2) is 15.7 Å². The molecule has 2 aromatic heterocycles. The van der Waals surface area contributed by atoms with E-state index in [2.05, 4.69) is 10.4 Å². The molecule has 6 heteroatoms. The number of amides is 1. The van der Waals surface area contributed by atoms with Crippen LogP contribution >= 0.6 is 22.9 Å². The minimum Gasteiger partial charge on any atom is -0.344 e. The number of nitrogens with zero attached hydrogens (tertiary/aromatic N) is 2. The maximum Gasteiger partial charge on any atom is 0.270 e. The first-order valence-electron chi connectivity index (χ1n) is 8.88. The van der Waals surface area contributed by atoms with Crippen molar-refractivity contribution >= 4 is 28.8 Å². The summed E-state index contributed by atoms with van der Waals surface area (Å²) in [5, 5.41) is 10.3. The molecule has 28 heavy (non-hydrogen) atoms. The lowest BCUT2D eigenvalue weighted by Gasteiger charge is -2.15. The molecule has 2 heterocycles. The van der Waals surface area contributed by atoms with E-state index in [0.717, 1.165) is 16.1 Å². The monoisotopic (exact) mass is 407 g/mol. The number of carbonyl (C=O) groups is 1. The lowest BCUT2D eigenvalue weighted by atomic mass is 10.1. The van der Waals surface area contributed by atoms with E-state index in [-0.39, 0.29) is 11.9 Å². The minimum absolute atomic E-state index is 0.131. The van der Waals surface area contributed by atoms with Crippen molar-refractivity contribution in [3.8, 4) is 16.3 Å². The quantitative estimate of drug-likeness (QED) is 0.458. The standard InChI is InChI=1S/C22H18ClN3OS/c1-15(16-8-3-2-4-9-16)24-22(27)20-14-18(21-12-7-13-28-21)25-26(20)19-11-6-5-10-17(19)23/h2-15H,1H3,(H,24,27)/t15-/m0/s1. The fourth-order valence-corrected chi connectivity index (χ4v) is 3.89. The lowest BCUT2D eigenvalue weighted by molar-refractivity contribution is 0.0932. The molecule has 4 rings (SSSR count). The van der Waals surface area contributed by atoms with Crippen molar-refractivity contribution in [1.29, 1.82) is 0 Å². The van der Waals surface area contributed by atoms with Gasteiger partial charge in [0.05, 0.1) is 21.6 Å². The number of carbonyl (C=O) groups excluding carboxylic acids is 1. The van der Waals surface area contributed by atoms with Crippen molar-refractivity contribution in [2.45, 2.75) is 13.0 Å². The summed E-state index contributed by atoms with van der Waals surface area (Å²) in [7, 11) is 0. The average molecular weight is 408 g/mol. The van der Waals surface area contributed by atoms with Crippen molar-refractivity contribution in [2.75, 3.05) is 0 Å². The third kappa shape index (κ3) is 3.72. The van der Waals surface area contributed by atoms with Gasteiger partial charge in [0.1, 0.15) is 11.4 Å². The van der Waals surface area contributed by atoms with Crippen molar-refractivity contribution in [1.82, 2.24) is 15.1 Å². The predicted molar refractivity (Wildman–Crippen MR) is 114 cm³/mol. The van der Waals surface area contributed by atoms with Gasteiger partial charge in [-0.3, -0.25) is 4.79 Å². The summed E-state index contributed by atoms with van der Waals surface area (Å²) in [4.78, 5) is 14.1. The summed E-state index contributed by atoms with van der Waals surface area (Å²) in [6.45, 7) is 1.96. The lowest BCUT2D eigenvalue weighted by Crippen LogP contribution is -2.28. The van der Waals surface area contributed by atoms with Crippen molar-refractivity contribution in [2.24, 2.45) is 0 Å². The van der Waals surface area contributed by atoms with Crippen LogP contribution in [-0.2, 0) is 0 Å². The molecule has 1 amide bonds. The van der Waals surface area contributed by atoms with Gasteiger partial charge in [-0.05, 0) is 42.1 Å². The Morgan fingerprint density at radius 3 is 2.54 bits per heavy atom. The molecule has 0 radical (unpaired) electrons. The van der Waals surface area contributed by atoms with Gasteiger partial charge in [0.15, 0.2) is 0 Å². The van der Waals surface area contributed by atoms with E-state index in [1.165, 1.54) is 0 Å². The molecule has 0 aliphatic heterocycles. The van der Waals surface area contributed by atoms with Gasteiger partial charge in [0.2, 0.25) is 0 Å². The average Bonchev–Trinajstić information content (AvgIpc) is 3.39. The number of hydrogen-bond donors (Lipinski definition) is 1. The maximum absolute atomic E-state index is 13.1. The van der Waals surface area contributed by atoms with Crippen LogP contribution in [0, 0.1) is 0 Å². The highest BCUT2D eigenvalue weighted by atomic mass is 35.5. The molecule has 140 valence electrons. The van der Waals surface area contributed by atoms with Crippen molar-refractivity contribution in [3.63, 3.8) is 0 Å². The number of thiophene rings is 1. The highest BCUT2D eigenvalue weighted by Crippen LogP contribution is 2.28. The molecular formula is C22H18ClN3OS. The molecular weight excluding hydrogens is 390 g/mol. The molecule has 4 aromatic rings. The zero-order valence-corrected chi connectivity index (χ0v) is 16.7. The van der Waals surface area contributed by atoms with E-state index in [1.54, 1.807) is 22.1 Å². The molecule has 0 bridgehead atoms. The Hall–Kier alpha value is -2.89. The molecule has 0 spiro atoms. The Labute approximate surface area is 172 Å². The van der Waals surface area contributed by atoms with Gasteiger partial charge in [-0.2, -0.15) is 5.10 Å². The molecule has 0 aliphatic rings. The highest BCUT2D eigenvalue weighted by Gasteiger charge is 2.21. The zero-order valence-electron chi connectivity index (χ0n) is 15.2. The Balaban J connectivity index is 1.72. The van der Waals surface area contributed by atoms with Crippen LogP contribution in [0.25, 0.3) is 16.3 Å². The van der Waals surface area contributed by atoms with Gasteiger partial charge in [0.25, 0.3) is 5.91 Å². The zero-order chi connectivity index (χ0) is 19.5. The van der Waals surface area contributed by atoms with E-state index in [1.807, 2.05) is 79.0 Å². The van der Waals surface area contributed by atoms with Gasteiger partial charge in [-0.25, -0.2) is 4.68 Å². The second kappa shape index (κ2) is 8.00. The van der Waals surface area contributed by atoms with E-state index in [0.29, 0.717) is 16.4 Å². The Morgan fingerprint density at radius 1 is 1.07 bits per heavy atom. The summed E-state index contributed by atoms with van der Waals surface area (Å²) in [6, 6.07) is 22.9. The normalized spacial score (nSPS) is 11.9. The van der Waals surface area contributed by atoms with Crippen LogP contribution in [0.2, 0.25) is 5.02 Å². The van der Waals surface area contributed by atoms with Gasteiger partial charge >= 0.3 is 0 Å². The molecule has 0 unspecified atom stereocenters. The predicted octanol–water partition coefficient (Wildman–Crippen LogP) is 5.75. The molecule has 1 N–H and O–H groups in total. The van der Waals surface area contributed by atoms with Crippen molar-refractivity contribution < 1.29 is 4.79 Å². The molecule has 2 aromatic carbocycles. The van der Waals surface area contributed by atoms with E-state index in [9.17, 15) is 4.79 Å². The number of benzene rings is 2. The van der Waals surface area contributed by atoms with Crippen LogP contribution in [0.5, 0.6) is 0 Å². The third-order valence-electron chi connectivity index (χ3n) is 4.44. The number of nitrogens with one attached hydrogen (secondary N) is 1. The fourth-order valence-electron chi connectivity index (χ4n) is 2.99. The number of hydrogen-bond acceptors (Lipinski definition) is 3. The molecule has 0 aliphatic carbocycles. The molecule has 1 atom stereocenters. The molecule has 4 nitrogen and oxygen atoms in total. The van der Waals surface area contributed by atoms with Crippen LogP contribution in [0.15, 0.2) is 78.2 Å². The van der Waals surface area contributed by atoms with Gasteiger partial charge in [0, 0.05) is 0 Å². The Morgan fingerprint density at radius 2 is 1.82 bits per heavy atom. The second-order valence-electron chi connectivity index (χ2n) is 6.36. The Bertz CT molecular complexity index is 1090. The Kier molecular flexibility index (Phi) is 5.28. The summed E-state index contributed by atoms with van der Waals surface area (Å²) in [5.74, 6) is -0.202. The third-order valence-corrected chi connectivity index (χ3v) is 5.66. The number of para-hydroxylation sites is 1. The molecule has 0 fully saturated rings. The second-order valence-corrected chi connectivity index (χ2v) is 7.72. The molecule has 0 saturated carbocycles. The number of aromatic nitrogens is 2. The van der Waals surface area contributed by atoms with Crippen LogP contribution in [0.4, 0.5) is 0 Å². The first-order valence-corrected chi connectivity index (χ1v) is 10.1. The van der Waals surface area contributed by atoms with E-state index in [4.69, 9.17) is 11.6 Å². The summed E-state index contributed by atoms with van der Waals surface area (Å²) < 4.78 is 1.62. The maximum atomic E-state index is 13.1. The summed E-state index contributed by atoms with van der Waals surface area (Å²) in [6.07, 6.45) is 0. The smallest absolute Gasteiger partial charge is 0.270 e. The summed E-state index contributed by atoms with van der Waals surface area (Å²) in [5.41, 5.74) is 2.90. The van der Waals surface area contributed by atoms with E-state index < -0.39 is 0 Å². The largest absolute Gasteiger partial charge is 0.344 e. The topological polar surface area (TPSA) is 46.9 Å². The van der Waals surface area contributed by atoms with Gasteiger partial charge in [-0.1, -0.05) is 60.1 Å². The summed E-state index contributed by atoms with van der Waals surface area (Å²) >= 11 is 7.96. The SMILES string of the molecule is C[C@H](NC(=O)c1cc(-c2cccs2)nn1-c1ccccc1Cl)c1ccccc1. The highest BCUT2D eigenvalue weighted by molar-refractivity contribution is 7.13. The van der Waals surface area contributed by atoms with Crippen LogP contribution < -0.4 is 5.32 Å². The first kappa shape index (κ1) is 18.5. The number of halogens is 1. The molecule has 0 saturated heterocycles. The van der Waals surface area contributed by atoms with Crippen molar-refractivity contribution in [3.05, 3.63) is 94.5 Å². The first-order chi connectivity index (χ1) is 13.6. The van der Waals surface area contributed by atoms with Crippen LogP contribution in [0.1, 0.15) is 29.0 Å². The minimum atomic E-state index is -0.202. The van der Waals surface area contributed by atoms with E-state index >= 15 is 0 Å². The van der Waals surface area contributed by atoms with Crippen LogP contribution in [0.3, 0.4) is 0 Å². The fraction of sp³-hybridized carbons (Fsp3) is 0.0909. The van der Waals surface area contributed by atoms with Gasteiger partial charge < -0.3 is 5.32 Å². The van der Waals surface area contributed by atoms with Gasteiger partial charge in [-0.15, -0.1) is 11.3 Å². The number of rotatable bonds is 5.